The average molecular weight is 302 g/mol. The van der Waals surface area contributed by atoms with Crippen LogP contribution in [0.25, 0.3) is 10.9 Å². The Kier molecular flexibility index (Phi) is 3.50. The van der Waals surface area contributed by atoms with Crippen molar-refractivity contribution in [2.24, 2.45) is 0 Å². The van der Waals surface area contributed by atoms with Crippen molar-refractivity contribution in [1.82, 2.24) is 9.97 Å². The summed E-state index contributed by atoms with van der Waals surface area (Å²) in [7, 11) is 0. The van der Waals surface area contributed by atoms with Gasteiger partial charge in [-0.15, -0.1) is 0 Å². The number of nitrogens with two attached hydrogens (primary N) is 1. The van der Waals surface area contributed by atoms with Crippen LogP contribution < -0.4 is 16.0 Å². The molecule has 3 rings (SSSR count). The monoisotopic (exact) mass is 301 g/mol. The van der Waals surface area contributed by atoms with Gasteiger partial charge in [0, 0.05) is 16.8 Å². The second kappa shape index (κ2) is 5.46. The molecule has 0 saturated heterocycles. The minimum Gasteiger partial charge on any atom is -0.486 e. The molecule has 0 unspecified atom stereocenters. The van der Waals surface area contributed by atoms with E-state index < -0.39 is 0 Å². The number of H-pyrrole nitrogens is 1. The van der Waals surface area contributed by atoms with Crippen molar-refractivity contribution >= 4 is 28.2 Å². The first-order chi connectivity index (χ1) is 10.1. The number of aromatic amines is 1. The Morgan fingerprint density at radius 3 is 2.90 bits per heavy atom. The van der Waals surface area contributed by atoms with Gasteiger partial charge in [-0.25, -0.2) is 4.98 Å². The van der Waals surface area contributed by atoms with E-state index in [2.05, 4.69) is 9.97 Å². The lowest BCUT2D eigenvalue weighted by Gasteiger charge is -2.07. The summed E-state index contributed by atoms with van der Waals surface area (Å²) in [6, 6.07) is 12.0. The van der Waals surface area contributed by atoms with Crippen LogP contribution in [0.4, 0.5) is 5.69 Å². The first-order valence-corrected chi connectivity index (χ1v) is 6.66. The van der Waals surface area contributed by atoms with Crippen molar-refractivity contribution in [3.63, 3.8) is 0 Å². The zero-order chi connectivity index (χ0) is 14.8. The standard InChI is InChI=1S/C15H12ClN3O2/c16-9-4-5-13-12(6-9)15(20)19-14(18-13)8-21-11-3-1-2-10(17)7-11/h1-7H,8,17H2,(H,18,19,20). The van der Waals surface area contributed by atoms with Crippen LogP contribution >= 0.6 is 11.6 Å². The van der Waals surface area contributed by atoms with Crippen LogP contribution in [0, 0.1) is 0 Å². The molecular weight excluding hydrogens is 290 g/mol. The van der Waals surface area contributed by atoms with Crippen molar-refractivity contribution in [2.75, 3.05) is 5.73 Å². The molecule has 0 bridgehead atoms. The molecule has 3 aromatic rings. The Hall–Kier alpha value is -2.53. The van der Waals surface area contributed by atoms with Crippen molar-refractivity contribution in [3.8, 4) is 5.75 Å². The van der Waals surface area contributed by atoms with Crippen molar-refractivity contribution in [1.29, 1.82) is 0 Å². The third-order valence-electron chi connectivity index (χ3n) is 2.95. The summed E-state index contributed by atoms with van der Waals surface area (Å²) >= 11 is 5.87. The minimum absolute atomic E-state index is 0.150. The van der Waals surface area contributed by atoms with Crippen LogP contribution in [-0.2, 0) is 6.61 Å². The number of ether oxygens (including phenoxy) is 1. The first-order valence-electron chi connectivity index (χ1n) is 6.28. The number of anilines is 1. The third-order valence-corrected chi connectivity index (χ3v) is 3.19. The highest BCUT2D eigenvalue weighted by Gasteiger charge is 2.05. The number of hydrogen-bond acceptors (Lipinski definition) is 4. The number of hydrogen-bond donors (Lipinski definition) is 2. The number of aromatic nitrogens is 2. The molecule has 21 heavy (non-hydrogen) atoms. The van der Waals surface area contributed by atoms with Gasteiger partial charge < -0.3 is 15.5 Å². The Balaban J connectivity index is 1.88. The first kappa shape index (κ1) is 13.5. The number of fused-ring (bicyclic) bond motifs is 1. The summed E-state index contributed by atoms with van der Waals surface area (Å²) in [6.07, 6.45) is 0. The second-order valence-corrected chi connectivity index (χ2v) is 4.97. The number of benzene rings is 2. The van der Waals surface area contributed by atoms with E-state index in [9.17, 15) is 4.79 Å². The van der Waals surface area contributed by atoms with Crippen LogP contribution in [0.3, 0.4) is 0 Å². The van der Waals surface area contributed by atoms with E-state index >= 15 is 0 Å². The van der Waals surface area contributed by atoms with Gasteiger partial charge in [-0.05, 0) is 30.3 Å². The number of nitrogen functional groups attached to an aromatic ring is 1. The molecular formula is C15H12ClN3O2. The van der Waals surface area contributed by atoms with E-state index in [-0.39, 0.29) is 12.2 Å². The van der Waals surface area contributed by atoms with Crippen LogP contribution in [-0.4, -0.2) is 9.97 Å². The summed E-state index contributed by atoms with van der Waals surface area (Å²) < 4.78 is 5.56. The fraction of sp³-hybridized carbons (Fsp3) is 0.0667. The fourth-order valence-electron chi connectivity index (χ4n) is 1.98. The average Bonchev–Trinajstić information content (AvgIpc) is 2.46. The molecule has 0 radical (unpaired) electrons. The molecule has 2 aromatic carbocycles. The maximum atomic E-state index is 12.0. The van der Waals surface area contributed by atoms with Gasteiger partial charge in [-0.2, -0.15) is 0 Å². The topological polar surface area (TPSA) is 81.0 Å². The van der Waals surface area contributed by atoms with Gasteiger partial charge in [0.15, 0.2) is 0 Å². The van der Waals surface area contributed by atoms with Gasteiger partial charge in [0.05, 0.1) is 10.9 Å². The summed E-state index contributed by atoms with van der Waals surface area (Å²) in [4.78, 5) is 19.0. The predicted octanol–water partition coefficient (Wildman–Crippen LogP) is 2.74. The van der Waals surface area contributed by atoms with Gasteiger partial charge in [0.25, 0.3) is 5.56 Å². The summed E-state index contributed by atoms with van der Waals surface area (Å²) in [5.41, 5.74) is 6.62. The lowest BCUT2D eigenvalue weighted by Crippen LogP contribution is -2.13. The number of nitrogens with one attached hydrogen (secondary N) is 1. The lowest BCUT2D eigenvalue weighted by molar-refractivity contribution is 0.296. The molecule has 1 aromatic heterocycles. The van der Waals surface area contributed by atoms with E-state index in [4.69, 9.17) is 22.1 Å². The minimum atomic E-state index is -0.242. The summed E-state index contributed by atoms with van der Waals surface area (Å²) in [6.45, 7) is 0.150. The Morgan fingerprint density at radius 2 is 2.10 bits per heavy atom. The third kappa shape index (κ3) is 2.98. The molecule has 0 aliphatic rings. The van der Waals surface area contributed by atoms with Crippen LogP contribution in [0.2, 0.25) is 5.02 Å². The second-order valence-electron chi connectivity index (χ2n) is 4.54. The number of nitrogens with zero attached hydrogens (tertiary/aromatic N) is 1. The molecule has 0 saturated carbocycles. The zero-order valence-corrected chi connectivity index (χ0v) is 11.7. The molecule has 0 aliphatic carbocycles. The molecule has 106 valence electrons. The SMILES string of the molecule is Nc1cccc(OCc2nc3ccc(Cl)cc3c(=O)[nH]2)c1. The molecule has 0 amide bonds. The van der Waals surface area contributed by atoms with Crippen molar-refractivity contribution in [3.05, 3.63) is 63.7 Å². The number of rotatable bonds is 3. The highest BCUT2D eigenvalue weighted by molar-refractivity contribution is 6.31. The quantitative estimate of drug-likeness (QED) is 0.729. The molecule has 5 nitrogen and oxygen atoms in total. The number of halogens is 1. The maximum Gasteiger partial charge on any atom is 0.258 e. The van der Waals surface area contributed by atoms with Gasteiger partial charge in [-0.1, -0.05) is 17.7 Å². The molecule has 0 atom stereocenters. The van der Waals surface area contributed by atoms with Crippen molar-refractivity contribution < 1.29 is 4.74 Å². The summed E-state index contributed by atoms with van der Waals surface area (Å²) in [5.74, 6) is 1.06. The summed E-state index contributed by atoms with van der Waals surface area (Å²) in [5, 5.41) is 0.953. The van der Waals surface area contributed by atoms with Gasteiger partial charge >= 0.3 is 0 Å². The van der Waals surface area contributed by atoms with E-state index in [1.165, 1.54) is 0 Å². The van der Waals surface area contributed by atoms with Crippen molar-refractivity contribution in [2.45, 2.75) is 6.61 Å². The highest BCUT2D eigenvalue weighted by Crippen LogP contribution is 2.17. The molecule has 1 heterocycles. The Morgan fingerprint density at radius 1 is 1.24 bits per heavy atom. The van der Waals surface area contributed by atoms with E-state index in [0.29, 0.717) is 33.2 Å². The normalized spacial score (nSPS) is 10.7. The van der Waals surface area contributed by atoms with Crippen LogP contribution in [0.5, 0.6) is 5.75 Å². The van der Waals surface area contributed by atoms with Crippen LogP contribution in [0.15, 0.2) is 47.3 Å². The smallest absolute Gasteiger partial charge is 0.258 e. The lowest BCUT2D eigenvalue weighted by atomic mass is 10.2. The largest absolute Gasteiger partial charge is 0.486 e. The Bertz CT molecular complexity index is 861. The molecule has 0 spiro atoms. The fourth-order valence-corrected chi connectivity index (χ4v) is 2.16. The molecule has 6 heteroatoms. The maximum absolute atomic E-state index is 12.0. The molecule has 3 N–H and O–H groups in total. The van der Waals surface area contributed by atoms with Crippen LogP contribution in [0.1, 0.15) is 5.82 Å². The Labute approximate surface area is 125 Å². The van der Waals surface area contributed by atoms with Gasteiger partial charge in [0.1, 0.15) is 18.2 Å². The highest BCUT2D eigenvalue weighted by atomic mass is 35.5. The van der Waals surface area contributed by atoms with E-state index in [0.717, 1.165) is 0 Å². The predicted molar refractivity (Wildman–Crippen MR) is 82.6 cm³/mol. The molecule has 0 fully saturated rings. The van der Waals surface area contributed by atoms with Gasteiger partial charge in [0.2, 0.25) is 0 Å². The van der Waals surface area contributed by atoms with E-state index in [1.54, 1.807) is 42.5 Å². The van der Waals surface area contributed by atoms with Gasteiger partial charge in [-0.3, -0.25) is 4.79 Å². The molecule has 0 aliphatic heterocycles. The van der Waals surface area contributed by atoms with E-state index in [1.807, 2.05) is 0 Å². The zero-order valence-electron chi connectivity index (χ0n) is 11.0.